The van der Waals surface area contributed by atoms with Gasteiger partial charge in [-0.05, 0) is 49.8 Å². The zero-order chi connectivity index (χ0) is 16.0. The minimum absolute atomic E-state index is 0.0719. The van der Waals surface area contributed by atoms with Crippen LogP contribution in [0.3, 0.4) is 0 Å². The Morgan fingerprint density at radius 1 is 1.24 bits per heavy atom. The summed E-state index contributed by atoms with van der Waals surface area (Å²) in [7, 11) is 0. The number of ether oxygens (including phenoxy) is 1. The highest BCUT2D eigenvalue weighted by Gasteiger charge is 2.17. The van der Waals surface area contributed by atoms with Crippen LogP contribution in [-0.2, 0) is 11.3 Å². The predicted molar refractivity (Wildman–Crippen MR) is 86.4 cm³/mol. The molecule has 0 heterocycles. The zero-order valence-electron chi connectivity index (χ0n) is 13.8. The predicted octanol–water partition coefficient (Wildman–Crippen LogP) is 2.69. The number of nitrogens with one attached hydrogen (secondary N) is 1. The van der Waals surface area contributed by atoms with E-state index in [0.717, 1.165) is 28.9 Å². The van der Waals surface area contributed by atoms with Crippen LogP contribution >= 0.6 is 0 Å². The summed E-state index contributed by atoms with van der Waals surface area (Å²) in [4.78, 5) is 12.0. The van der Waals surface area contributed by atoms with Crippen molar-refractivity contribution >= 4 is 5.91 Å². The number of benzene rings is 1. The molecule has 0 aliphatic rings. The minimum atomic E-state index is -0.502. The van der Waals surface area contributed by atoms with E-state index in [1.165, 1.54) is 0 Å². The molecule has 0 aliphatic heterocycles. The maximum Gasteiger partial charge on any atom is 0.260 e. The Kier molecular flexibility index (Phi) is 6.69. The van der Waals surface area contributed by atoms with Gasteiger partial charge in [0.1, 0.15) is 5.75 Å². The molecule has 1 aromatic carbocycles. The summed E-state index contributed by atoms with van der Waals surface area (Å²) in [5.41, 5.74) is 8.76. The van der Waals surface area contributed by atoms with Crippen LogP contribution in [0.25, 0.3) is 0 Å². The second kappa shape index (κ2) is 8.03. The van der Waals surface area contributed by atoms with Gasteiger partial charge in [0.15, 0.2) is 6.10 Å². The van der Waals surface area contributed by atoms with Crippen LogP contribution in [0.2, 0.25) is 0 Å². The molecule has 0 aromatic heterocycles. The third-order valence-electron chi connectivity index (χ3n) is 3.44. The largest absolute Gasteiger partial charge is 0.480 e. The molecule has 0 aliphatic carbocycles. The van der Waals surface area contributed by atoms with Gasteiger partial charge in [-0.15, -0.1) is 0 Å². The van der Waals surface area contributed by atoms with Crippen molar-refractivity contribution in [1.82, 2.24) is 5.32 Å². The molecule has 0 radical (unpaired) electrons. The highest BCUT2D eigenvalue weighted by atomic mass is 16.5. The maximum absolute atomic E-state index is 12.0. The summed E-state index contributed by atoms with van der Waals surface area (Å²) in [6.45, 7) is 11.2. The Labute approximate surface area is 128 Å². The normalized spacial score (nSPS) is 12.3. The van der Waals surface area contributed by atoms with Gasteiger partial charge in [0, 0.05) is 13.1 Å². The molecule has 1 aromatic rings. The van der Waals surface area contributed by atoms with Crippen molar-refractivity contribution in [2.24, 2.45) is 11.7 Å². The third-order valence-corrected chi connectivity index (χ3v) is 3.44. The molecule has 0 spiro atoms. The van der Waals surface area contributed by atoms with Gasteiger partial charge in [0.2, 0.25) is 0 Å². The average molecular weight is 292 g/mol. The fourth-order valence-electron chi connectivity index (χ4n) is 2.20. The SMILES string of the molecule is Cc1cc(CN)cc(C)c1OC(C)C(=O)NCCC(C)C. The van der Waals surface area contributed by atoms with Gasteiger partial charge in [-0.2, -0.15) is 0 Å². The van der Waals surface area contributed by atoms with Crippen LogP contribution in [-0.4, -0.2) is 18.6 Å². The van der Waals surface area contributed by atoms with Crippen molar-refractivity contribution < 1.29 is 9.53 Å². The molecule has 0 saturated carbocycles. The smallest absolute Gasteiger partial charge is 0.260 e. The van der Waals surface area contributed by atoms with E-state index in [0.29, 0.717) is 19.0 Å². The lowest BCUT2D eigenvalue weighted by atomic mass is 10.1. The molecule has 1 rings (SSSR count). The molecular weight excluding hydrogens is 264 g/mol. The Bertz CT molecular complexity index is 461. The fraction of sp³-hybridized carbons (Fsp3) is 0.588. The van der Waals surface area contributed by atoms with Crippen molar-refractivity contribution in [3.05, 3.63) is 28.8 Å². The molecule has 1 amide bonds. The molecule has 0 fully saturated rings. The maximum atomic E-state index is 12.0. The van der Waals surface area contributed by atoms with Crippen molar-refractivity contribution in [3.63, 3.8) is 0 Å². The third kappa shape index (κ3) is 5.38. The number of aryl methyl sites for hydroxylation is 2. The van der Waals surface area contributed by atoms with E-state index in [1.54, 1.807) is 6.92 Å². The molecule has 1 unspecified atom stereocenters. The van der Waals surface area contributed by atoms with Crippen LogP contribution in [0.4, 0.5) is 0 Å². The van der Waals surface area contributed by atoms with Crippen LogP contribution in [0, 0.1) is 19.8 Å². The number of amides is 1. The van der Waals surface area contributed by atoms with Crippen molar-refractivity contribution in [2.75, 3.05) is 6.54 Å². The van der Waals surface area contributed by atoms with Crippen molar-refractivity contribution in [3.8, 4) is 5.75 Å². The fourth-order valence-corrected chi connectivity index (χ4v) is 2.20. The van der Waals surface area contributed by atoms with Crippen LogP contribution in [0.1, 0.15) is 43.9 Å². The average Bonchev–Trinajstić information content (AvgIpc) is 2.41. The Balaban J connectivity index is 2.66. The summed E-state index contributed by atoms with van der Waals surface area (Å²) >= 11 is 0. The van der Waals surface area contributed by atoms with E-state index in [1.807, 2.05) is 26.0 Å². The molecule has 0 bridgehead atoms. The summed E-state index contributed by atoms with van der Waals surface area (Å²) < 4.78 is 5.84. The van der Waals surface area contributed by atoms with E-state index in [9.17, 15) is 4.79 Å². The van der Waals surface area contributed by atoms with Crippen molar-refractivity contribution in [1.29, 1.82) is 0 Å². The number of hydrogen-bond acceptors (Lipinski definition) is 3. The molecule has 1 atom stereocenters. The summed E-state index contributed by atoms with van der Waals surface area (Å²) in [6.07, 6.45) is 0.472. The first kappa shape index (κ1) is 17.5. The topological polar surface area (TPSA) is 64.3 Å². The molecule has 4 nitrogen and oxygen atoms in total. The van der Waals surface area contributed by atoms with Crippen LogP contribution in [0.15, 0.2) is 12.1 Å². The summed E-state index contributed by atoms with van der Waals surface area (Å²) in [5.74, 6) is 1.28. The van der Waals surface area contributed by atoms with Crippen LogP contribution < -0.4 is 15.8 Å². The molecule has 4 heteroatoms. The number of carbonyl (C=O) groups excluding carboxylic acids is 1. The summed E-state index contributed by atoms with van der Waals surface area (Å²) in [5, 5.41) is 2.91. The molecule has 21 heavy (non-hydrogen) atoms. The quantitative estimate of drug-likeness (QED) is 0.812. The Hall–Kier alpha value is -1.55. The minimum Gasteiger partial charge on any atom is -0.480 e. The summed E-state index contributed by atoms with van der Waals surface area (Å²) in [6, 6.07) is 4.01. The van der Waals surface area contributed by atoms with Crippen molar-refractivity contribution in [2.45, 2.75) is 53.7 Å². The second-order valence-electron chi connectivity index (χ2n) is 6.00. The number of carbonyl (C=O) groups is 1. The number of rotatable bonds is 7. The van der Waals surface area contributed by atoms with Gasteiger partial charge in [0.25, 0.3) is 5.91 Å². The van der Waals surface area contributed by atoms with Gasteiger partial charge in [0.05, 0.1) is 0 Å². The molecule has 3 N–H and O–H groups in total. The van der Waals surface area contributed by atoms with E-state index in [2.05, 4.69) is 19.2 Å². The number of nitrogens with two attached hydrogens (primary N) is 1. The van der Waals surface area contributed by atoms with E-state index >= 15 is 0 Å². The van der Waals surface area contributed by atoms with E-state index in [4.69, 9.17) is 10.5 Å². The molecule has 118 valence electrons. The standard InChI is InChI=1S/C17H28N2O2/c1-11(2)6-7-19-17(20)14(5)21-16-12(3)8-15(10-18)9-13(16)4/h8-9,11,14H,6-7,10,18H2,1-5H3,(H,19,20). The Morgan fingerprint density at radius 2 is 1.81 bits per heavy atom. The first-order valence-corrected chi connectivity index (χ1v) is 7.59. The van der Waals surface area contributed by atoms with Gasteiger partial charge >= 0.3 is 0 Å². The lowest BCUT2D eigenvalue weighted by molar-refractivity contribution is -0.127. The highest BCUT2D eigenvalue weighted by Crippen LogP contribution is 2.25. The monoisotopic (exact) mass is 292 g/mol. The number of hydrogen-bond donors (Lipinski definition) is 2. The van der Waals surface area contributed by atoms with E-state index in [-0.39, 0.29) is 5.91 Å². The Morgan fingerprint density at radius 3 is 2.29 bits per heavy atom. The molecule has 0 saturated heterocycles. The first-order chi connectivity index (χ1) is 9.85. The van der Waals surface area contributed by atoms with Gasteiger partial charge < -0.3 is 15.8 Å². The second-order valence-corrected chi connectivity index (χ2v) is 6.00. The van der Waals surface area contributed by atoms with Gasteiger partial charge in [-0.3, -0.25) is 4.79 Å². The lowest BCUT2D eigenvalue weighted by Gasteiger charge is -2.19. The van der Waals surface area contributed by atoms with Gasteiger partial charge in [-0.1, -0.05) is 26.0 Å². The van der Waals surface area contributed by atoms with Gasteiger partial charge in [-0.25, -0.2) is 0 Å². The highest BCUT2D eigenvalue weighted by molar-refractivity contribution is 5.80. The van der Waals surface area contributed by atoms with Crippen LogP contribution in [0.5, 0.6) is 5.75 Å². The van der Waals surface area contributed by atoms with E-state index < -0.39 is 6.10 Å². The zero-order valence-corrected chi connectivity index (χ0v) is 13.8. The lowest BCUT2D eigenvalue weighted by Crippen LogP contribution is -2.37. The first-order valence-electron chi connectivity index (χ1n) is 7.59. The molecular formula is C17H28N2O2.